The van der Waals surface area contributed by atoms with Crippen LogP contribution in [0, 0.1) is 10.8 Å². The molecule has 0 atom stereocenters. The fourth-order valence-corrected chi connectivity index (χ4v) is 2.56. The quantitative estimate of drug-likeness (QED) is 0.506. The van der Waals surface area contributed by atoms with Crippen LogP contribution in [0.1, 0.15) is 16.7 Å². The zero-order valence-electron chi connectivity index (χ0n) is 10.3. The molecule has 0 bridgehead atoms. The predicted molar refractivity (Wildman–Crippen MR) is 77.9 cm³/mol. The van der Waals surface area contributed by atoms with E-state index in [2.05, 4.69) is 0 Å². The molecule has 0 fully saturated rings. The molecule has 0 heterocycles. The molecule has 110 valence electrons. The largest absolute Gasteiger partial charge is 0.416 e. The fourth-order valence-electron chi connectivity index (χ4n) is 1.39. The van der Waals surface area contributed by atoms with E-state index in [1.807, 2.05) is 0 Å². The first-order chi connectivity index (χ1) is 9.20. The monoisotopic (exact) mass is 322 g/mol. The number of thioether (sulfide) groups is 2. The lowest BCUT2D eigenvalue weighted by Gasteiger charge is -2.13. The Kier molecular flexibility index (Phi) is 5.75. The van der Waals surface area contributed by atoms with Gasteiger partial charge in [0.1, 0.15) is 0 Å². The fraction of sp³-hybridized carbons (Fsp3) is 0.273. The van der Waals surface area contributed by atoms with Crippen molar-refractivity contribution in [1.82, 2.24) is 0 Å². The Morgan fingerprint density at radius 3 is 1.95 bits per heavy atom. The Bertz CT molecular complexity index is 517. The van der Waals surface area contributed by atoms with Gasteiger partial charge in [0.15, 0.2) is 10.3 Å². The summed E-state index contributed by atoms with van der Waals surface area (Å²) in [5.74, 6) is 0.480. The number of halogens is 3. The number of alkyl halides is 3. The summed E-state index contributed by atoms with van der Waals surface area (Å²) in [4.78, 5) is 0. The zero-order valence-corrected chi connectivity index (χ0v) is 11.9. The van der Waals surface area contributed by atoms with E-state index in [0.717, 1.165) is 35.7 Å². The van der Waals surface area contributed by atoms with Crippen LogP contribution in [0.3, 0.4) is 0 Å². The van der Waals surface area contributed by atoms with E-state index < -0.39 is 11.7 Å². The molecule has 9 heteroatoms. The second kappa shape index (κ2) is 6.89. The second-order valence-electron chi connectivity index (χ2n) is 3.79. The summed E-state index contributed by atoms with van der Waals surface area (Å²) >= 11 is 1.98. The summed E-state index contributed by atoms with van der Waals surface area (Å²) in [6.45, 7) is 0. The summed E-state index contributed by atoms with van der Waals surface area (Å²) in [6, 6.07) is 3.42. The molecule has 1 aromatic carbocycles. The summed E-state index contributed by atoms with van der Waals surface area (Å²) in [7, 11) is 0. The third-order valence-electron chi connectivity index (χ3n) is 2.30. The molecule has 0 aromatic heterocycles. The standard InChI is InChI=1S/C11H13F3N4S2/c12-11(13,14)8-2-1-6(4-19-9(15)16)7(3-8)5-20-10(17)18/h1-3H,4-5H2,(H3,15,16)(H3,17,18). The van der Waals surface area contributed by atoms with E-state index in [0.29, 0.717) is 16.9 Å². The average molecular weight is 322 g/mol. The Morgan fingerprint density at radius 2 is 1.50 bits per heavy atom. The van der Waals surface area contributed by atoms with Gasteiger partial charge in [-0.1, -0.05) is 29.6 Å². The van der Waals surface area contributed by atoms with Crippen LogP contribution < -0.4 is 11.5 Å². The molecular formula is C11H13F3N4S2. The van der Waals surface area contributed by atoms with Crippen molar-refractivity contribution in [1.29, 1.82) is 10.8 Å². The lowest BCUT2D eigenvalue weighted by molar-refractivity contribution is -0.137. The van der Waals surface area contributed by atoms with Gasteiger partial charge in [-0.15, -0.1) is 0 Å². The van der Waals surface area contributed by atoms with Gasteiger partial charge in [-0.2, -0.15) is 13.2 Å². The molecule has 0 aliphatic heterocycles. The molecule has 4 nitrogen and oxygen atoms in total. The van der Waals surface area contributed by atoms with Gasteiger partial charge in [0, 0.05) is 11.5 Å². The predicted octanol–water partition coefficient (Wildman–Crippen LogP) is 2.96. The lowest BCUT2D eigenvalue weighted by atomic mass is 10.1. The third kappa shape index (κ3) is 5.33. The van der Waals surface area contributed by atoms with E-state index >= 15 is 0 Å². The maximum atomic E-state index is 12.7. The normalized spacial score (nSPS) is 11.3. The van der Waals surface area contributed by atoms with Crippen molar-refractivity contribution < 1.29 is 13.2 Å². The van der Waals surface area contributed by atoms with Gasteiger partial charge in [-0.3, -0.25) is 10.8 Å². The van der Waals surface area contributed by atoms with Gasteiger partial charge >= 0.3 is 6.18 Å². The van der Waals surface area contributed by atoms with Crippen molar-refractivity contribution in [2.75, 3.05) is 0 Å². The van der Waals surface area contributed by atoms with Crippen molar-refractivity contribution in [2.24, 2.45) is 11.5 Å². The van der Waals surface area contributed by atoms with E-state index in [4.69, 9.17) is 22.3 Å². The molecule has 1 rings (SSSR count). The van der Waals surface area contributed by atoms with Crippen LogP contribution in [0.25, 0.3) is 0 Å². The number of benzene rings is 1. The highest BCUT2D eigenvalue weighted by Gasteiger charge is 2.30. The molecule has 0 amide bonds. The van der Waals surface area contributed by atoms with Gasteiger partial charge in [-0.05, 0) is 23.3 Å². The molecule has 0 aliphatic rings. The molecule has 0 saturated carbocycles. The van der Waals surface area contributed by atoms with Crippen molar-refractivity contribution in [3.8, 4) is 0 Å². The molecule has 0 radical (unpaired) electrons. The molecule has 0 saturated heterocycles. The Hall–Kier alpha value is -1.35. The van der Waals surface area contributed by atoms with Gasteiger partial charge in [0.2, 0.25) is 0 Å². The lowest BCUT2D eigenvalue weighted by Crippen LogP contribution is -2.09. The molecule has 20 heavy (non-hydrogen) atoms. The highest BCUT2D eigenvalue weighted by atomic mass is 32.2. The van der Waals surface area contributed by atoms with E-state index in [9.17, 15) is 13.2 Å². The summed E-state index contributed by atoms with van der Waals surface area (Å²) in [5.41, 5.74) is 10.8. The van der Waals surface area contributed by atoms with E-state index in [1.165, 1.54) is 6.07 Å². The minimum Gasteiger partial charge on any atom is -0.379 e. The average Bonchev–Trinajstić information content (AvgIpc) is 2.32. The van der Waals surface area contributed by atoms with Crippen LogP contribution in [0.5, 0.6) is 0 Å². The van der Waals surface area contributed by atoms with Crippen LogP contribution in [0.2, 0.25) is 0 Å². The van der Waals surface area contributed by atoms with Crippen molar-refractivity contribution in [3.63, 3.8) is 0 Å². The van der Waals surface area contributed by atoms with Gasteiger partial charge in [0.25, 0.3) is 0 Å². The first-order valence-electron chi connectivity index (χ1n) is 5.33. The first kappa shape index (κ1) is 16.7. The summed E-state index contributed by atoms with van der Waals surface area (Å²) in [5, 5.41) is 14.0. The molecular weight excluding hydrogens is 309 g/mol. The van der Waals surface area contributed by atoms with Crippen molar-refractivity contribution >= 4 is 33.9 Å². The summed E-state index contributed by atoms with van der Waals surface area (Å²) in [6.07, 6.45) is -4.41. The Morgan fingerprint density at radius 1 is 1.00 bits per heavy atom. The molecule has 1 aromatic rings. The van der Waals surface area contributed by atoms with E-state index in [1.54, 1.807) is 0 Å². The smallest absolute Gasteiger partial charge is 0.379 e. The zero-order chi connectivity index (χ0) is 15.3. The molecule has 0 spiro atoms. The number of hydrogen-bond donors (Lipinski definition) is 4. The third-order valence-corrected chi connectivity index (χ3v) is 3.83. The van der Waals surface area contributed by atoms with Crippen LogP contribution in [-0.4, -0.2) is 10.3 Å². The maximum Gasteiger partial charge on any atom is 0.416 e. The Labute approximate surface area is 122 Å². The van der Waals surface area contributed by atoms with Crippen LogP contribution in [-0.2, 0) is 17.7 Å². The maximum absolute atomic E-state index is 12.7. The minimum absolute atomic E-state index is 0.102. The van der Waals surface area contributed by atoms with Gasteiger partial charge in [-0.25, -0.2) is 0 Å². The van der Waals surface area contributed by atoms with Crippen molar-refractivity contribution in [3.05, 3.63) is 34.9 Å². The first-order valence-corrected chi connectivity index (χ1v) is 7.30. The number of amidine groups is 2. The number of hydrogen-bond acceptors (Lipinski definition) is 4. The van der Waals surface area contributed by atoms with Gasteiger partial charge < -0.3 is 11.5 Å². The number of nitrogens with one attached hydrogen (secondary N) is 2. The second-order valence-corrected chi connectivity index (χ2v) is 5.82. The van der Waals surface area contributed by atoms with Crippen LogP contribution >= 0.6 is 23.5 Å². The Balaban J connectivity index is 3.02. The number of nitrogens with two attached hydrogens (primary N) is 2. The number of rotatable bonds is 4. The molecule has 0 unspecified atom stereocenters. The minimum atomic E-state index is -4.41. The van der Waals surface area contributed by atoms with Crippen LogP contribution in [0.15, 0.2) is 18.2 Å². The van der Waals surface area contributed by atoms with Crippen LogP contribution in [0.4, 0.5) is 13.2 Å². The summed E-state index contributed by atoms with van der Waals surface area (Å²) < 4.78 is 38.0. The highest BCUT2D eigenvalue weighted by Crippen LogP contribution is 2.32. The molecule has 6 N–H and O–H groups in total. The van der Waals surface area contributed by atoms with Crippen molar-refractivity contribution in [2.45, 2.75) is 17.7 Å². The van der Waals surface area contributed by atoms with Gasteiger partial charge in [0.05, 0.1) is 5.56 Å². The topological polar surface area (TPSA) is 99.7 Å². The SMILES string of the molecule is N=C(N)SCc1ccc(C(F)(F)F)cc1CSC(=N)N. The highest BCUT2D eigenvalue weighted by molar-refractivity contribution is 8.13. The molecule has 0 aliphatic carbocycles. The van der Waals surface area contributed by atoms with E-state index in [-0.39, 0.29) is 16.1 Å².